The molecule has 0 amide bonds. The molecular weight excluding hydrogens is 291 g/mol. The van der Waals surface area contributed by atoms with Crippen molar-refractivity contribution >= 4 is 39.0 Å². The number of ether oxygens (including phenoxy) is 2. The van der Waals surface area contributed by atoms with E-state index < -0.39 is 5.82 Å². The minimum atomic E-state index is -0.456. The molecule has 0 saturated heterocycles. The van der Waals surface area contributed by atoms with Crippen LogP contribution in [-0.2, 0) is 16.0 Å². The summed E-state index contributed by atoms with van der Waals surface area (Å²) in [5.74, 6) is -0.710. The predicted octanol–water partition coefficient (Wildman–Crippen LogP) is 3.81. The standard InChI is InChI=1S/C13H12ClFO3S/c1-3-18-10(16)4-7-6-19-13-11(7)8(14)5-9(17-2)12(13)15/h5-6H,3-4H2,1-2H3. The maximum absolute atomic E-state index is 14.1. The van der Waals surface area contributed by atoms with Crippen molar-refractivity contribution in [1.82, 2.24) is 0 Å². The van der Waals surface area contributed by atoms with E-state index in [-0.39, 0.29) is 18.1 Å². The summed E-state index contributed by atoms with van der Waals surface area (Å²) in [7, 11) is 1.38. The molecule has 0 aliphatic heterocycles. The maximum Gasteiger partial charge on any atom is 0.310 e. The summed E-state index contributed by atoms with van der Waals surface area (Å²) < 4.78 is 24.3. The largest absolute Gasteiger partial charge is 0.494 e. The maximum atomic E-state index is 14.1. The van der Waals surface area contributed by atoms with Crippen molar-refractivity contribution < 1.29 is 18.7 Å². The van der Waals surface area contributed by atoms with Gasteiger partial charge in [0.25, 0.3) is 0 Å². The van der Waals surface area contributed by atoms with E-state index in [1.807, 2.05) is 0 Å². The van der Waals surface area contributed by atoms with E-state index in [1.54, 1.807) is 12.3 Å². The second-order valence-corrected chi connectivity index (χ2v) is 5.11. The lowest BCUT2D eigenvalue weighted by atomic mass is 10.1. The number of benzene rings is 1. The van der Waals surface area contributed by atoms with Gasteiger partial charge in [-0.05, 0) is 17.9 Å². The molecule has 0 aliphatic carbocycles. The van der Waals surface area contributed by atoms with Crippen molar-refractivity contribution in [3.05, 3.63) is 27.8 Å². The van der Waals surface area contributed by atoms with Crippen LogP contribution in [0.3, 0.4) is 0 Å². The molecule has 1 aromatic heterocycles. The number of carbonyl (C=O) groups excluding carboxylic acids is 1. The van der Waals surface area contributed by atoms with Gasteiger partial charge < -0.3 is 9.47 Å². The molecule has 0 radical (unpaired) electrons. The molecule has 0 aliphatic rings. The molecule has 1 heterocycles. The number of halogens is 2. The molecule has 2 aromatic rings. The van der Waals surface area contributed by atoms with Crippen LogP contribution in [0.2, 0.25) is 5.02 Å². The van der Waals surface area contributed by atoms with Crippen molar-refractivity contribution in [2.45, 2.75) is 13.3 Å². The first kappa shape index (κ1) is 14.1. The highest BCUT2D eigenvalue weighted by molar-refractivity contribution is 7.17. The highest BCUT2D eigenvalue weighted by Gasteiger charge is 2.18. The summed E-state index contributed by atoms with van der Waals surface area (Å²) in [5.41, 5.74) is 0.671. The normalized spacial score (nSPS) is 10.7. The number of carbonyl (C=O) groups is 1. The van der Waals surface area contributed by atoms with Crippen molar-refractivity contribution in [1.29, 1.82) is 0 Å². The first-order chi connectivity index (χ1) is 9.08. The highest BCUT2D eigenvalue weighted by atomic mass is 35.5. The third-order valence-electron chi connectivity index (χ3n) is 2.64. The second-order valence-electron chi connectivity index (χ2n) is 3.82. The number of hydrogen-bond acceptors (Lipinski definition) is 4. The number of esters is 1. The van der Waals surface area contributed by atoms with Gasteiger partial charge in [-0.25, -0.2) is 4.39 Å². The van der Waals surface area contributed by atoms with Gasteiger partial charge in [-0.2, -0.15) is 0 Å². The number of thiophene rings is 1. The first-order valence-corrected chi connectivity index (χ1v) is 6.91. The average Bonchev–Trinajstić information content (AvgIpc) is 2.78. The smallest absolute Gasteiger partial charge is 0.310 e. The summed E-state index contributed by atoms with van der Waals surface area (Å²) in [5, 5.41) is 2.64. The Morgan fingerprint density at radius 2 is 2.26 bits per heavy atom. The van der Waals surface area contributed by atoms with Crippen LogP contribution >= 0.6 is 22.9 Å². The molecular formula is C13H12ClFO3S. The molecule has 6 heteroatoms. The van der Waals surface area contributed by atoms with E-state index in [4.69, 9.17) is 21.1 Å². The molecule has 19 heavy (non-hydrogen) atoms. The molecule has 3 nitrogen and oxygen atoms in total. The summed E-state index contributed by atoms with van der Waals surface area (Å²) >= 11 is 7.32. The average molecular weight is 303 g/mol. The number of hydrogen-bond donors (Lipinski definition) is 0. The summed E-state index contributed by atoms with van der Waals surface area (Å²) in [6, 6.07) is 1.42. The Labute approximate surface area is 118 Å². The van der Waals surface area contributed by atoms with Gasteiger partial charge in [-0.1, -0.05) is 11.6 Å². The molecule has 0 fully saturated rings. The molecule has 0 unspecified atom stereocenters. The Kier molecular flexibility index (Phi) is 4.27. The fourth-order valence-electron chi connectivity index (χ4n) is 1.83. The van der Waals surface area contributed by atoms with Crippen LogP contribution in [0.25, 0.3) is 10.1 Å². The van der Waals surface area contributed by atoms with Crippen LogP contribution in [0, 0.1) is 5.82 Å². The van der Waals surface area contributed by atoms with Gasteiger partial charge in [0, 0.05) is 11.5 Å². The van der Waals surface area contributed by atoms with Crippen LogP contribution in [0.1, 0.15) is 12.5 Å². The number of methoxy groups -OCH3 is 1. The van der Waals surface area contributed by atoms with Crippen LogP contribution in [-0.4, -0.2) is 19.7 Å². The Morgan fingerprint density at radius 3 is 2.89 bits per heavy atom. The fourth-order valence-corrected chi connectivity index (χ4v) is 3.22. The second kappa shape index (κ2) is 5.75. The fraction of sp³-hybridized carbons (Fsp3) is 0.308. The summed E-state index contributed by atoms with van der Waals surface area (Å²) in [4.78, 5) is 11.5. The minimum Gasteiger partial charge on any atom is -0.494 e. The number of rotatable bonds is 4. The van der Waals surface area contributed by atoms with Gasteiger partial charge >= 0.3 is 5.97 Å². The van der Waals surface area contributed by atoms with E-state index in [9.17, 15) is 9.18 Å². The lowest BCUT2D eigenvalue weighted by Gasteiger charge is -2.06. The van der Waals surface area contributed by atoms with Crippen molar-refractivity contribution in [3.8, 4) is 5.75 Å². The van der Waals surface area contributed by atoms with Crippen LogP contribution < -0.4 is 4.74 Å². The predicted molar refractivity (Wildman–Crippen MR) is 73.7 cm³/mol. The Morgan fingerprint density at radius 1 is 1.53 bits per heavy atom. The summed E-state index contributed by atoms with van der Waals surface area (Å²) in [6.45, 7) is 2.05. The Balaban J connectivity index is 2.48. The van der Waals surface area contributed by atoms with Gasteiger partial charge in [-0.3, -0.25) is 4.79 Å². The summed E-state index contributed by atoms with van der Waals surface area (Å²) in [6.07, 6.45) is 0.0827. The zero-order valence-corrected chi connectivity index (χ0v) is 12.0. The van der Waals surface area contributed by atoms with E-state index in [0.717, 1.165) is 0 Å². The zero-order chi connectivity index (χ0) is 14.0. The first-order valence-electron chi connectivity index (χ1n) is 5.66. The lowest BCUT2D eigenvalue weighted by molar-refractivity contribution is -0.142. The van der Waals surface area contributed by atoms with Crippen molar-refractivity contribution in [2.24, 2.45) is 0 Å². The van der Waals surface area contributed by atoms with E-state index in [0.29, 0.717) is 27.3 Å². The topological polar surface area (TPSA) is 35.5 Å². The monoisotopic (exact) mass is 302 g/mol. The van der Waals surface area contributed by atoms with Gasteiger partial charge in [0.05, 0.1) is 29.9 Å². The van der Waals surface area contributed by atoms with E-state index in [2.05, 4.69) is 0 Å². The molecule has 0 saturated carbocycles. The molecule has 0 spiro atoms. The molecule has 0 bridgehead atoms. The van der Waals surface area contributed by atoms with Crippen LogP contribution in [0.4, 0.5) is 4.39 Å². The van der Waals surface area contributed by atoms with Gasteiger partial charge in [0.2, 0.25) is 0 Å². The quantitative estimate of drug-likeness (QED) is 0.806. The SMILES string of the molecule is CCOC(=O)Cc1csc2c(F)c(OC)cc(Cl)c12. The van der Waals surface area contributed by atoms with Crippen molar-refractivity contribution in [2.75, 3.05) is 13.7 Å². The van der Waals surface area contributed by atoms with Gasteiger partial charge in [-0.15, -0.1) is 11.3 Å². The molecule has 102 valence electrons. The van der Waals surface area contributed by atoms with Crippen molar-refractivity contribution in [3.63, 3.8) is 0 Å². The van der Waals surface area contributed by atoms with E-state index in [1.165, 1.54) is 24.5 Å². The van der Waals surface area contributed by atoms with Gasteiger partial charge in [0.15, 0.2) is 11.6 Å². The third-order valence-corrected chi connectivity index (χ3v) is 3.96. The lowest BCUT2D eigenvalue weighted by Crippen LogP contribution is -2.07. The zero-order valence-electron chi connectivity index (χ0n) is 10.5. The van der Waals surface area contributed by atoms with Crippen LogP contribution in [0.5, 0.6) is 5.75 Å². The highest BCUT2D eigenvalue weighted by Crippen LogP contribution is 2.39. The minimum absolute atomic E-state index is 0.0827. The Bertz CT molecular complexity index is 624. The third kappa shape index (κ3) is 2.67. The Hall–Kier alpha value is -1.33. The van der Waals surface area contributed by atoms with Crippen LogP contribution in [0.15, 0.2) is 11.4 Å². The molecule has 0 N–H and O–H groups in total. The number of fused-ring (bicyclic) bond motifs is 1. The molecule has 2 rings (SSSR count). The van der Waals surface area contributed by atoms with E-state index >= 15 is 0 Å². The molecule has 0 atom stereocenters. The molecule has 1 aromatic carbocycles. The van der Waals surface area contributed by atoms with Gasteiger partial charge in [0.1, 0.15) is 0 Å².